The molecule has 0 radical (unpaired) electrons. The highest BCUT2D eigenvalue weighted by Gasteiger charge is 2.16. The Morgan fingerprint density at radius 2 is 1.61 bits per heavy atom. The van der Waals surface area contributed by atoms with Crippen LogP contribution < -0.4 is 16.0 Å². The molecule has 0 aliphatic heterocycles. The van der Waals surface area contributed by atoms with Crippen molar-refractivity contribution in [1.82, 2.24) is 10.6 Å². The summed E-state index contributed by atoms with van der Waals surface area (Å²) < 4.78 is 6.07. The average Bonchev–Trinajstić information content (AvgIpc) is 2.70. The first-order valence-corrected chi connectivity index (χ1v) is 10.8. The molecular formula is C23H28BrN3O4. The molecule has 3 N–H and O–H groups in total. The smallest absolute Gasteiger partial charge is 0.408 e. The number of anilines is 1. The van der Waals surface area contributed by atoms with Crippen LogP contribution in [0.5, 0.6) is 0 Å². The van der Waals surface area contributed by atoms with Crippen molar-refractivity contribution < 1.29 is 19.1 Å². The van der Waals surface area contributed by atoms with E-state index in [0.717, 1.165) is 15.6 Å². The van der Waals surface area contributed by atoms with Crippen molar-refractivity contribution in [1.29, 1.82) is 0 Å². The molecule has 0 saturated carbocycles. The Kier molecular flexibility index (Phi) is 9.05. The lowest BCUT2D eigenvalue weighted by Gasteiger charge is -2.19. The third kappa shape index (κ3) is 9.65. The molecule has 0 atom stereocenters. The molecular weight excluding hydrogens is 462 g/mol. The van der Waals surface area contributed by atoms with E-state index in [-0.39, 0.29) is 18.4 Å². The molecule has 3 amide bonds. The maximum atomic E-state index is 12.2. The first-order chi connectivity index (χ1) is 14.6. The summed E-state index contributed by atoms with van der Waals surface area (Å²) in [6, 6.07) is 15.1. The molecule has 0 spiro atoms. The number of rotatable bonds is 8. The van der Waals surface area contributed by atoms with Gasteiger partial charge in [0.1, 0.15) is 12.1 Å². The van der Waals surface area contributed by atoms with Crippen molar-refractivity contribution >= 4 is 39.5 Å². The van der Waals surface area contributed by atoms with Crippen LogP contribution in [0, 0.1) is 0 Å². The van der Waals surface area contributed by atoms with Crippen LogP contribution in [0.2, 0.25) is 0 Å². The number of ether oxygens (including phenoxy) is 1. The minimum absolute atomic E-state index is 0.0648. The van der Waals surface area contributed by atoms with Crippen LogP contribution >= 0.6 is 15.9 Å². The number of benzene rings is 2. The summed E-state index contributed by atoms with van der Waals surface area (Å²) in [5.41, 5.74) is 2.04. The quantitative estimate of drug-likeness (QED) is 0.518. The Bertz CT molecular complexity index is 908. The Balaban J connectivity index is 1.71. The van der Waals surface area contributed by atoms with E-state index in [9.17, 15) is 14.4 Å². The van der Waals surface area contributed by atoms with Gasteiger partial charge in [0.25, 0.3) is 0 Å². The van der Waals surface area contributed by atoms with Crippen LogP contribution in [0.4, 0.5) is 10.5 Å². The van der Waals surface area contributed by atoms with E-state index >= 15 is 0 Å². The van der Waals surface area contributed by atoms with Crippen molar-refractivity contribution in [3.63, 3.8) is 0 Å². The van der Waals surface area contributed by atoms with E-state index in [1.165, 1.54) is 0 Å². The standard InChI is InChI=1S/C23H28BrN3O4/c1-23(2,3)31-22(30)26-15-21(29)25-14-16-8-11-18(12-9-16)27-20(28)13-10-17-6-4-5-7-19(17)24/h4-9,11-12H,10,13-15H2,1-3H3,(H,25,29)(H,26,30)(H,27,28). The maximum Gasteiger partial charge on any atom is 0.408 e. The molecule has 0 aliphatic rings. The predicted molar refractivity (Wildman–Crippen MR) is 124 cm³/mol. The second-order valence-corrected chi connectivity index (χ2v) is 8.82. The van der Waals surface area contributed by atoms with E-state index in [2.05, 4.69) is 31.9 Å². The first kappa shape index (κ1) is 24.4. The van der Waals surface area contributed by atoms with Crippen LogP contribution in [0.25, 0.3) is 0 Å². The minimum atomic E-state index is -0.637. The van der Waals surface area contributed by atoms with Gasteiger partial charge in [-0.1, -0.05) is 46.3 Å². The zero-order valence-corrected chi connectivity index (χ0v) is 19.5. The Labute approximate surface area is 191 Å². The fourth-order valence-corrected chi connectivity index (χ4v) is 3.09. The van der Waals surface area contributed by atoms with Crippen molar-refractivity contribution in [3.8, 4) is 0 Å². The van der Waals surface area contributed by atoms with Gasteiger partial charge < -0.3 is 20.7 Å². The van der Waals surface area contributed by atoms with Crippen molar-refractivity contribution in [2.75, 3.05) is 11.9 Å². The van der Waals surface area contributed by atoms with Crippen LogP contribution in [-0.2, 0) is 27.3 Å². The lowest BCUT2D eigenvalue weighted by atomic mass is 10.1. The van der Waals surface area contributed by atoms with E-state index < -0.39 is 11.7 Å². The summed E-state index contributed by atoms with van der Waals surface area (Å²) in [7, 11) is 0. The number of aryl methyl sites for hydroxylation is 1. The molecule has 0 bridgehead atoms. The summed E-state index contributed by atoms with van der Waals surface area (Å²) >= 11 is 3.49. The van der Waals surface area contributed by atoms with E-state index in [4.69, 9.17) is 4.74 Å². The lowest BCUT2D eigenvalue weighted by molar-refractivity contribution is -0.120. The lowest BCUT2D eigenvalue weighted by Crippen LogP contribution is -2.39. The molecule has 0 fully saturated rings. The van der Waals surface area contributed by atoms with Gasteiger partial charge in [0.2, 0.25) is 11.8 Å². The first-order valence-electron chi connectivity index (χ1n) is 9.98. The molecule has 7 nitrogen and oxygen atoms in total. The molecule has 31 heavy (non-hydrogen) atoms. The fraction of sp³-hybridized carbons (Fsp3) is 0.348. The van der Waals surface area contributed by atoms with Gasteiger partial charge in [-0.05, 0) is 56.5 Å². The van der Waals surface area contributed by atoms with Crippen molar-refractivity contribution in [2.45, 2.75) is 45.8 Å². The minimum Gasteiger partial charge on any atom is -0.444 e. The second kappa shape index (κ2) is 11.5. The summed E-state index contributed by atoms with van der Waals surface area (Å²) in [6.07, 6.45) is 0.391. The average molecular weight is 490 g/mol. The number of alkyl carbamates (subject to hydrolysis) is 1. The highest BCUT2D eigenvalue weighted by molar-refractivity contribution is 9.10. The molecule has 0 unspecified atom stereocenters. The Hall–Kier alpha value is -2.87. The van der Waals surface area contributed by atoms with Crippen LogP contribution in [0.1, 0.15) is 38.3 Å². The predicted octanol–water partition coefficient (Wildman–Crippen LogP) is 4.16. The summed E-state index contributed by atoms with van der Waals surface area (Å²) in [6.45, 7) is 5.40. The zero-order valence-electron chi connectivity index (χ0n) is 18.0. The Morgan fingerprint density at radius 1 is 0.935 bits per heavy atom. The van der Waals surface area contributed by atoms with Gasteiger partial charge in [-0.25, -0.2) is 4.79 Å². The third-order valence-corrected chi connectivity index (χ3v) is 4.87. The number of carbonyl (C=O) groups is 3. The van der Waals surface area contributed by atoms with E-state index in [0.29, 0.717) is 25.1 Å². The monoisotopic (exact) mass is 489 g/mol. The molecule has 2 aromatic rings. The molecule has 0 heterocycles. The number of nitrogens with one attached hydrogen (secondary N) is 3. The van der Waals surface area contributed by atoms with Gasteiger partial charge in [-0.15, -0.1) is 0 Å². The van der Waals surface area contributed by atoms with Crippen LogP contribution in [0.15, 0.2) is 53.0 Å². The number of carbonyl (C=O) groups excluding carboxylic acids is 3. The van der Waals surface area contributed by atoms with Gasteiger partial charge in [0.05, 0.1) is 0 Å². The summed E-state index contributed by atoms with van der Waals surface area (Å²) in [5, 5.41) is 8.00. The second-order valence-electron chi connectivity index (χ2n) is 7.97. The third-order valence-electron chi connectivity index (χ3n) is 4.10. The highest BCUT2D eigenvalue weighted by Crippen LogP contribution is 2.18. The SMILES string of the molecule is CC(C)(C)OC(=O)NCC(=O)NCc1ccc(NC(=O)CCc2ccccc2Br)cc1. The summed E-state index contributed by atoms with van der Waals surface area (Å²) in [5.74, 6) is -0.389. The molecule has 0 aliphatic carbocycles. The number of halogens is 1. The molecule has 8 heteroatoms. The van der Waals surface area contributed by atoms with Gasteiger partial charge in [-0.2, -0.15) is 0 Å². The number of amides is 3. The van der Waals surface area contributed by atoms with E-state index in [1.807, 2.05) is 36.4 Å². The molecule has 2 aromatic carbocycles. The van der Waals surface area contributed by atoms with Crippen LogP contribution in [-0.4, -0.2) is 30.1 Å². The maximum absolute atomic E-state index is 12.2. The molecule has 2 rings (SSSR count). The fourth-order valence-electron chi connectivity index (χ4n) is 2.61. The van der Waals surface area contributed by atoms with Gasteiger partial charge in [-0.3, -0.25) is 9.59 Å². The van der Waals surface area contributed by atoms with Gasteiger partial charge in [0.15, 0.2) is 0 Å². The van der Waals surface area contributed by atoms with Crippen LogP contribution in [0.3, 0.4) is 0 Å². The van der Waals surface area contributed by atoms with Gasteiger partial charge in [0, 0.05) is 23.1 Å². The zero-order chi connectivity index (χ0) is 22.9. The van der Waals surface area contributed by atoms with Crippen molar-refractivity contribution in [2.24, 2.45) is 0 Å². The topological polar surface area (TPSA) is 96.5 Å². The normalized spacial score (nSPS) is 10.8. The van der Waals surface area contributed by atoms with E-state index in [1.54, 1.807) is 32.9 Å². The molecule has 166 valence electrons. The summed E-state index contributed by atoms with van der Waals surface area (Å²) in [4.78, 5) is 35.6. The van der Waals surface area contributed by atoms with Gasteiger partial charge >= 0.3 is 6.09 Å². The molecule has 0 aromatic heterocycles. The molecule has 0 saturated heterocycles. The highest BCUT2D eigenvalue weighted by atomic mass is 79.9. The Morgan fingerprint density at radius 3 is 2.26 bits per heavy atom. The number of hydrogen-bond acceptors (Lipinski definition) is 4. The number of hydrogen-bond donors (Lipinski definition) is 3. The van der Waals surface area contributed by atoms with Crippen molar-refractivity contribution in [3.05, 3.63) is 64.1 Å². The largest absolute Gasteiger partial charge is 0.444 e.